The zero-order valence-electron chi connectivity index (χ0n) is 15.4. The fourth-order valence-corrected chi connectivity index (χ4v) is 2.29. The van der Waals surface area contributed by atoms with Crippen LogP contribution >= 0.6 is 0 Å². The highest BCUT2D eigenvalue weighted by Gasteiger charge is 2.11. The lowest BCUT2D eigenvalue weighted by molar-refractivity contribution is -0.123. The molecule has 1 aromatic heterocycles. The first-order valence-corrected chi connectivity index (χ1v) is 8.26. The molecular formula is C20H23N3O3. The number of pyridine rings is 1. The number of likely N-dealkylation sites (N-methyl/N-ethyl adjacent to an activating group) is 1. The SMILES string of the molecule is Cc1ccc(-c2ccc(C(=O)NC/C=C\C(=O)N(C)C)c(=O)[nH]2)cc1C. The number of aromatic amines is 1. The van der Waals surface area contributed by atoms with Crippen molar-refractivity contribution in [1.29, 1.82) is 0 Å². The molecule has 2 rings (SSSR count). The zero-order valence-corrected chi connectivity index (χ0v) is 15.4. The number of hydrogen-bond acceptors (Lipinski definition) is 3. The Morgan fingerprint density at radius 1 is 1.12 bits per heavy atom. The Morgan fingerprint density at radius 2 is 1.85 bits per heavy atom. The van der Waals surface area contributed by atoms with Gasteiger partial charge in [-0.2, -0.15) is 0 Å². The topological polar surface area (TPSA) is 82.3 Å². The van der Waals surface area contributed by atoms with Crippen LogP contribution < -0.4 is 10.9 Å². The lowest BCUT2D eigenvalue weighted by Gasteiger charge is -2.07. The third-order valence-electron chi connectivity index (χ3n) is 4.05. The van der Waals surface area contributed by atoms with Gasteiger partial charge in [0.25, 0.3) is 11.5 Å². The predicted octanol–water partition coefficient (Wildman–Crippen LogP) is 2.03. The first-order valence-electron chi connectivity index (χ1n) is 8.26. The number of aryl methyl sites for hydroxylation is 2. The van der Waals surface area contributed by atoms with Gasteiger partial charge in [0.2, 0.25) is 5.91 Å². The maximum Gasteiger partial charge on any atom is 0.261 e. The van der Waals surface area contributed by atoms with Crippen LogP contribution in [0.1, 0.15) is 21.5 Å². The third-order valence-corrected chi connectivity index (χ3v) is 4.05. The van der Waals surface area contributed by atoms with Crippen molar-refractivity contribution in [2.45, 2.75) is 13.8 Å². The van der Waals surface area contributed by atoms with Crippen LogP contribution in [0.4, 0.5) is 0 Å². The van der Waals surface area contributed by atoms with Crippen molar-refractivity contribution in [1.82, 2.24) is 15.2 Å². The van der Waals surface area contributed by atoms with E-state index >= 15 is 0 Å². The highest BCUT2D eigenvalue weighted by Crippen LogP contribution is 2.19. The van der Waals surface area contributed by atoms with Crippen LogP contribution in [-0.2, 0) is 4.79 Å². The summed E-state index contributed by atoms with van der Waals surface area (Å²) in [7, 11) is 3.28. The number of amides is 2. The van der Waals surface area contributed by atoms with Crippen LogP contribution in [-0.4, -0.2) is 42.3 Å². The highest BCUT2D eigenvalue weighted by molar-refractivity contribution is 5.94. The second-order valence-corrected chi connectivity index (χ2v) is 6.26. The summed E-state index contributed by atoms with van der Waals surface area (Å²) in [6.07, 6.45) is 2.91. The second kappa shape index (κ2) is 8.29. The first kappa shape index (κ1) is 19.2. The predicted molar refractivity (Wildman–Crippen MR) is 102 cm³/mol. The number of carbonyl (C=O) groups is 2. The van der Waals surface area contributed by atoms with Crippen molar-refractivity contribution in [3.8, 4) is 11.3 Å². The van der Waals surface area contributed by atoms with Crippen LogP contribution in [0.2, 0.25) is 0 Å². The molecule has 0 fully saturated rings. The molecule has 136 valence electrons. The zero-order chi connectivity index (χ0) is 19.3. The lowest BCUT2D eigenvalue weighted by atomic mass is 10.0. The molecule has 1 aromatic carbocycles. The summed E-state index contributed by atoms with van der Waals surface area (Å²) in [5.74, 6) is -0.658. The van der Waals surface area contributed by atoms with Gasteiger partial charge < -0.3 is 15.2 Å². The normalized spacial score (nSPS) is 10.8. The smallest absolute Gasteiger partial charge is 0.261 e. The average molecular weight is 353 g/mol. The van der Waals surface area contributed by atoms with Crippen LogP contribution in [0.3, 0.4) is 0 Å². The molecule has 0 atom stereocenters. The molecule has 0 radical (unpaired) electrons. The van der Waals surface area contributed by atoms with E-state index in [1.807, 2.05) is 32.0 Å². The van der Waals surface area contributed by atoms with Crippen molar-refractivity contribution in [2.24, 2.45) is 0 Å². The van der Waals surface area contributed by atoms with Crippen LogP contribution in [0, 0.1) is 13.8 Å². The summed E-state index contributed by atoms with van der Waals surface area (Å²) in [5, 5.41) is 2.59. The molecule has 0 unspecified atom stereocenters. The van der Waals surface area contributed by atoms with Gasteiger partial charge in [0.15, 0.2) is 0 Å². The molecule has 0 aliphatic heterocycles. The van der Waals surface area contributed by atoms with E-state index in [0.717, 1.165) is 11.1 Å². The Labute approximate surface area is 152 Å². The second-order valence-electron chi connectivity index (χ2n) is 6.26. The number of benzene rings is 1. The van der Waals surface area contributed by atoms with E-state index in [1.165, 1.54) is 28.7 Å². The van der Waals surface area contributed by atoms with E-state index in [9.17, 15) is 14.4 Å². The molecule has 2 amide bonds. The minimum atomic E-state index is -0.486. The number of carbonyl (C=O) groups excluding carboxylic acids is 2. The summed E-state index contributed by atoms with van der Waals surface area (Å²) < 4.78 is 0. The molecule has 1 heterocycles. The maximum absolute atomic E-state index is 12.2. The molecule has 26 heavy (non-hydrogen) atoms. The van der Waals surface area contributed by atoms with Crippen LogP contribution in [0.25, 0.3) is 11.3 Å². The fourth-order valence-electron chi connectivity index (χ4n) is 2.29. The van der Waals surface area contributed by atoms with Gasteiger partial charge in [-0.15, -0.1) is 0 Å². The van der Waals surface area contributed by atoms with Crippen LogP contribution in [0.15, 0.2) is 47.3 Å². The van der Waals surface area contributed by atoms with Gasteiger partial charge in [-0.05, 0) is 48.7 Å². The van der Waals surface area contributed by atoms with Crippen molar-refractivity contribution in [2.75, 3.05) is 20.6 Å². The van der Waals surface area contributed by atoms with Crippen molar-refractivity contribution >= 4 is 11.8 Å². The van der Waals surface area contributed by atoms with Crippen molar-refractivity contribution < 1.29 is 9.59 Å². The van der Waals surface area contributed by atoms with E-state index in [0.29, 0.717) is 5.69 Å². The van der Waals surface area contributed by atoms with Gasteiger partial charge in [-0.3, -0.25) is 14.4 Å². The molecule has 0 saturated carbocycles. The van der Waals surface area contributed by atoms with Crippen molar-refractivity contribution in [3.63, 3.8) is 0 Å². The Balaban J connectivity index is 2.09. The molecule has 0 bridgehead atoms. The Hall–Kier alpha value is -3.15. The van der Waals surface area contributed by atoms with Gasteiger partial charge in [-0.25, -0.2) is 0 Å². The molecule has 2 aromatic rings. The molecule has 2 N–H and O–H groups in total. The minimum absolute atomic E-state index is 0.0323. The number of H-pyrrole nitrogens is 1. The highest BCUT2D eigenvalue weighted by atomic mass is 16.2. The summed E-state index contributed by atoms with van der Waals surface area (Å²) in [6, 6.07) is 9.14. The Kier molecular flexibility index (Phi) is 6.11. The third kappa shape index (κ3) is 4.69. The molecule has 6 nitrogen and oxygen atoms in total. The molecule has 0 aliphatic rings. The number of nitrogens with one attached hydrogen (secondary N) is 2. The van der Waals surface area contributed by atoms with Crippen LogP contribution in [0.5, 0.6) is 0 Å². The summed E-state index contributed by atoms with van der Waals surface area (Å²) >= 11 is 0. The number of hydrogen-bond donors (Lipinski definition) is 2. The van der Waals surface area contributed by atoms with Gasteiger partial charge in [0.1, 0.15) is 5.56 Å². The quantitative estimate of drug-likeness (QED) is 0.807. The Morgan fingerprint density at radius 3 is 2.46 bits per heavy atom. The van der Waals surface area contributed by atoms with E-state index in [2.05, 4.69) is 10.3 Å². The number of nitrogens with zero attached hydrogens (tertiary/aromatic N) is 1. The molecule has 0 saturated heterocycles. The van der Waals surface area contributed by atoms with Gasteiger partial charge in [0, 0.05) is 32.4 Å². The molecular weight excluding hydrogens is 330 g/mol. The lowest BCUT2D eigenvalue weighted by Crippen LogP contribution is -2.30. The fraction of sp³-hybridized carbons (Fsp3) is 0.250. The first-order chi connectivity index (χ1) is 12.3. The molecule has 0 aliphatic carbocycles. The molecule has 0 spiro atoms. The average Bonchev–Trinajstić information content (AvgIpc) is 2.60. The van der Waals surface area contributed by atoms with Gasteiger partial charge >= 0.3 is 0 Å². The standard InChI is InChI=1S/C20H23N3O3/c1-13-7-8-15(12-14(13)2)17-10-9-16(20(26)22-17)19(25)21-11-5-6-18(24)23(3)4/h5-10,12H,11H2,1-4H3,(H,21,25)(H,22,26)/b6-5-. The van der Waals surface area contributed by atoms with Gasteiger partial charge in [0.05, 0.1) is 0 Å². The largest absolute Gasteiger partial charge is 0.348 e. The molecule has 6 heteroatoms. The van der Waals surface area contributed by atoms with E-state index in [4.69, 9.17) is 0 Å². The summed E-state index contributed by atoms with van der Waals surface area (Å²) in [4.78, 5) is 39.9. The maximum atomic E-state index is 12.2. The monoisotopic (exact) mass is 353 g/mol. The number of rotatable bonds is 5. The van der Waals surface area contributed by atoms with Crippen molar-refractivity contribution in [3.05, 3.63) is 69.5 Å². The Bertz CT molecular complexity index is 911. The van der Waals surface area contributed by atoms with E-state index in [1.54, 1.807) is 20.2 Å². The summed E-state index contributed by atoms with van der Waals surface area (Å²) in [5.41, 5.74) is 3.43. The van der Waals surface area contributed by atoms with E-state index < -0.39 is 11.5 Å². The van der Waals surface area contributed by atoms with E-state index in [-0.39, 0.29) is 18.0 Å². The van der Waals surface area contributed by atoms with Gasteiger partial charge in [-0.1, -0.05) is 18.2 Å². The summed E-state index contributed by atoms with van der Waals surface area (Å²) in [6.45, 7) is 4.19. The number of aromatic nitrogens is 1. The minimum Gasteiger partial charge on any atom is -0.348 e.